The SMILES string of the molecule is CC(C)(C)c1ccnc(-n2c3[c-]c(Oc4[c-]c(N5[CH-]N(c6c(-c7ccc(-c8ccccc8)cc7C(C)(C)C)cccc6-c6ccc(C(C)(C)C)cc6C(C)(C)C)c6ccccc65)ccc4)ccc3c3ccccc32)c1.[Pt]. The fourth-order valence-corrected chi connectivity index (χ4v) is 10.7. The molecular weight excluding hydrogens is 1110 g/mol. The molecule has 0 unspecified atom stereocenters. The average molecular weight is 1180 g/mol. The van der Waals surface area contributed by atoms with Crippen molar-refractivity contribution in [3.63, 3.8) is 0 Å². The zero-order valence-corrected chi connectivity index (χ0v) is 48.2. The van der Waals surface area contributed by atoms with Gasteiger partial charge in [-0.3, -0.25) is 0 Å². The Morgan fingerprint density at radius 1 is 0.447 bits per heavy atom. The Morgan fingerprint density at radius 2 is 1.04 bits per heavy atom. The van der Waals surface area contributed by atoms with E-state index in [4.69, 9.17) is 9.72 Å². The van der Waals surface area contributed by atoms with E-state index in [9.17, 15) is 0 Å². The molecule has 0 atom stereocenters. The molecule has 0 saturated carbocycles. The van der Waals surface area contributed by atoms with Gasteiger partial charge in [0.1, 0.15) is 5.82 Å². The van der Waals surface area contributed by atoms with Crippen LogP contribution >= 0.6 is 0 Å². The minimum atomic E-state index is -0.168. The molecule has 11 rings (SSSR count). The first-order valence-electron chi connectivity index (χ1n) is 26.4. The van der Waals surface area contributed by atoms with Gasteiger partial charge in [-0.05, 0) is 102 Å². The van der Waals surface area contributed by atoms with Crippen molar-refractivity contribution in [3.8, 4) is 50.7 Å². The molecule has 10 aromatic rings. The van der Waals surface area contributed by atoms with Crippen molar-refractivity contribution in [2.75, 3.05) is 9.80 Å². The summed E-state index contributed by atoms with van der Waals surface area (Å²) < 4.78 is 8.97. The van der Waals surface area contributed by atoms with Crippen LogP contribution in [0, 0.1) is 18.8 Å². The smallest absolute Gasteiger partial charge is 0.135 e. The quantitative estimate of drug-likeness (QED) is 0.142. The van der Waals surface area contributed by atoms with Crippen molar-refractivity contribution in [2.24, 2.45) is 0 Å². The minimum absolute atomic E-state index is 0. The van der Waals surface area contributed by atoms with E-state index in [2.05, 4.69) is 274 Å². The van der Waals surface area contributed by atoms with Crippen LogP contribution in [0.2, 0.25) is 0 Å². The summed E-state index contributed by atoms with van der Waals surface area (Å²) in [5.41, 5.74) is 18.0. The molecule has 0 fully saturated rings. The summed E-state index contributed by atoms with van der Waals surface area (Å²) in [6.45, 7) is 29.9. The molecular formula is C70H67N4OPt-3. The zero-order chi connectivity index (χ0) is 52.6. The number of fused-ring (bicyclic) bond motifs is 4. The van der Waals surface area contributed by atoms with E-state index in [0.717, 1.165) is 55.9 Å². The summed E-state index contributed by atoms with van der Waals surface area (Å²) in [7, 11) is 0. The van der Waals surface area contributed by atoms with E-state index < -0.39 is 0 Å². The second kappa shape index (κ2) is 19.7. The molecule has 0 radical (unpaired) electrons. The molecule has 8 aromatic carbocycles. The standard InChI is InChI=1S/C70H67N4O.Pt/c1-67(2,3)48-33-36-54(60(41-48)70(10,11)12)58-28-21-27-57(53-35-32-47(40-59(53)69(7,8)9)46-22-14-13-15-23-46)66(58)73-45-72(62-30-18-19-31-63(62)73)50-24-20-25-51(43-50)75-52-34-37-56-55-26-16-17-29-61(55)74(64(56)44-52)65-42-49(38-39-71-65)68(4,5)6;/h13-42,45H,1-12H3;/q-3;. The third kappa shape index (κ3) is 9.80. The minimum Gasteiger partial charge on any atom is -0.509 e. The van der Waals surface area contributed by atoms with Crippen LogP contribution in [-0.2, 0) is 42.7 Å². The van der Waals surface area contributed by atoms with Crippen molar-refractivity contribution < 1.29 is 25.8 Å². The Morgan fingerprint density at radius 3 is 1.72 bits per heavy atom. The summed E-state index contributed by atoms with van der Waals surface area (Å²) >= 11 is 0. The normalized spacial score (nSPS) is 13.1. The number of benzene rings is 8. The third-order valence-electron chi connectivity index (χ3n) is 14.7. The Bertz CT molecular complexity index is 3780. The molecule has 76 heavy (non-hydrogen) atoms. The van der Waals surface area contributed by atoms with Gasteiger partial charge in [-0.15, -0.1) is 48.1 Å². The van der Waals surface area contributed by atoms with Crippen LogP contribution < -0.4 is 14.5 Å². The molecule has 0 spiro atoms. The number of hydrogen-bond donors (Lipinski definition) is 0. The molecule has 0 amide bonds. The largest absolute Gasteiger partial charge is 0.509 e. The predicted molar refractivity (Wildman–Crippen MR) is 315 cm³/mol. The summed E-state index contributed by atoms with van der Waals surface area (Å²) in [5.74, 6) is 2.03. The van der Waals surface area contributed by atoms with Crippen LogP contribution in [0.5, 0.6) is 11.5 Å². The number of pyridine rings is 1. The number of nitrogens with zero attached hydrogens (tertiary/aromatic N) is 4. The number of aromatic nitrogens is 2. The molecule has 0 saturated heterocycles. The molecule has 1 aliphatic heterocycles. The van der Waals surface area contributed by atoms with E-state index >= 15 is 0 Å². The summed E-state index contributed by atoms with van der Waals surface area (Å²) in [6, 6.07) is 70.9. The molecule has 2 aromatic heterocycles. The van der Waals surface area contributed by atoms with E-state index in [1.54, 1.807) is 0 Å². The first kappa shape index (κ1) is 52.2. The van der Waals surface area contributed by atoms with Crippen molar-refractivity contribution in [3.05, 3.63) is 223 Å². The van der Waals surface area contributed by atoms with E-state index in [1.807, 2.05) is 24.4 Å². The van der Waals surface area contributed by atoms with Gasteiger partial charge < -0.3 is 19.1 Å². The van der Waals surface area contributed by atoms with E-state index in [-0.39, 0.29) is 42.7 Å². The second-order valence-electron chi connectivity index (χ2n) is 24.3. The zero-order valence-electron chi connectivity index (χ0n) is 45.9. The Hall–Kier alpha value is -7.20. The molecule has 1 aliphatic rings. The molecule has 6 heteroatoms. The van der Waals surface area contributed by atoms with E-state index in [0.29, 0.717) is 11.5 Å². The number of rotatable bonds is 8. The molecule has 0 bridgehead atoms. The third-order valence-corrected chi connectivity index (χ3v) is 14.7. The Kier molecular flexibility index (Phi) is 13.6. The van der Waals surface area contributed by atoms with Crippen molar-refractivity contribution in [1.82, 2.24) is 9.55 Å². The number of anilines is 4. The molecule has 0 aliphatic carbocycles. The van der Waals surface area contributed by atoms with Gasteiger partial charge in [0.15, 0.2) is 0 Å². The molecule has 386 valence electrons. The maximum absolute atomic E-state index is 6.77. The van der Waals surface area contributed by atoms with Crippen molar-refractivity contribution >= 4 is 44.6 Å². The molecule has 0 N–H and O–H groups in total. The van der Waals surface area contributed by atoms with Gasteiger partial charge in [0.2, 0.25) is 0 Å². The van der Waals surface area contributed by atoms with E-state index in [1.165, 1.54) is 50.1 Å². The van der Waals surface area contributed by atoms with Gasteiger partial charge in [0.05, 0.1) is 0 Å². The maximum atomic E-state index is 6.77. The summed E-state index contributed by atoms with van der Waals surface area (Å²) in [5, 5.41) is 2.22. The van der Waals surface area contributed by atoms with Crippen LogP contribution in [0.15, 0.2) is 182 Å². The fourth-order valence-electron chi connectivity index (χ4n) is 10.7. The second-order valence-corrected chi connectivity index (χ2v) is 24.3. The van der Waals surface area contributed by atoms with Gasteiger partial charge in [0.25, 0.3) is 0 Å². The topological polar surface area (TPSA) is 33.5 Å². The fraction of sp³-hybridized carbons (Fsp3) is 0.229. The van der Waals surface area contributed by atoms with Crippen molar-refractivity contribution in [1.29, 1.82) is 0 Å². The number of hydrogen-bond acceptors (Lipinski definition) is 4. The van der Waals surface area contributed by atoms with Crippen molar-refractivity contribution in [2.45, 2.75) is 105 Å². The van der Waals surface area contributed by atoms with Crippen LogP contribution in [0.1, 0.15) is 105 Å². The predicted octanol–water partition coefficient (Wildman–Crippen LogP) is 19.2. The maximum Gasteiger partial charge on any atom is 0.135 e. The van der Waals surface area contributed by atoms with Gasteiger partial charge in [0, 0.05) is 72.5 Å². The van der Waals surface area contributed by atoms with Gasteiger partial charge in [-0.1, -0.05) is 204 Å². The summed E-state index contributed by atoms with van der Waals surface area (Å²) in [4.78, 5) is 9.55. The first-order chi connectivity index (χ1) is 35.7. The van der Waals surface area contributed by atoms with Crippen LogP contribution in [0.3, 0.4) is 0 Å². The van der Waals surface area contributed by atoms with Crippen LogP contribution in [0.4, 0.5) is 22.7 Å². The van der Waals surface area contributed by atoms with Gasteiger partial charge in [-0.25, -0.2) is 4.98 Å². The molecule has 3 heterocycles. The van der Waals surface area contributed by atoms with Gasteiger partial charge in [-0.2, -0.15) is 12.1 Å². The monoisotopic (exact) mass is 1170 g/mol. The average Bonchev–Trinajstić information content (AvgIpc) is 3.98. The summed E-state index contributed by atoms with van der Waals surface area (Å²) in [6.07, 6.45) is 1.91. The number of para-hydroxylation sites is 4. The number of ether oxygens (including phenoxy) is 1. The van der Waals surface area contributed by atoms with Crippen LogP contribution in [0.25, 0.3) is 61.0 Å². The van der Waals surface area contributed by atoms with Gasteiger partial charge >= 0.3 is 0 Å². The first-order valence-corrected chi connectivity index (χ1v) is 26.4. The molecule has 5 nitrogen and oxygen atoms in total. The Balaban J connectivity index is 0.00000657. The van der Waals surface area contributed by atoms with Crippen LogP contribution in [-0.4, -0.2) is 9.55 Å². The Labute approximate surface area is 465 Å².